The fourth-order valence-corrected chi connectivity index (χ4v) is 2.75. The third-order valence-electron chi connectivity index (χ3n) is 4.61. The molecule has 2 aromatic rings. The molecule has 250 valence electrons. The number of aliphatic carboxylic acids is 3. The van der Waals surface area contributed by atoms with Gasteiger partial charge in [0, 0.05) is 19.1 Å². The van der Waals surface area contributed by atoms with Crippen molar-refractivity contribution in [3.05, 3.63) is 70.8 Å². The van der Waals surface area contributed by atoms with E-state index < -0.39 is 36.4 Å². The molecule has 0 saturated carbocycles. The summed E-state index contributed by atoms with van der Waals surface area (Å²) in [6.45, 7) is 1.93. The Morgan fingerprint density at radius 3 is 1.05 bits per heavy atom. The Labute approximate surface area is 246 Å². The monoisotopic (exact) mass is 653 g/mol. The molecule has 1 atom stereocenters. The molecule has 5 N–H and O–H groups in total. The van der Waals surface area contributed by atoms with Gasteiger partial charge in [0.2, 0.25) is 0 Å². The molecular weight excluding hydrogens is 621 g/mol. The van der Waals surface area contributed by atoms with Gasteiger partial charge in [0.15, 0.2) is 0 Å². The Balaban J connectivity index is 0. The van der Waals surface area contributed by atoms with Crippen LogP contribution >= 0.6 is 0 Å². The van der Waals surface area contributed by atoms with E-state index in [-0.39, 0.29) is 6.04 Å². The fraction of sp³-hybridized carbons (Fsp3) is 0.423. The van der Waals surface area contributed by atoms with Crippen LogP contribution in [-0.2, 0) is 33.9 Å². The molecule has 0 aliphatic rings. The van der Waals surface area contributed by atoms with E-state index in [2.05, 4.69) is 86.5 Å². The van der Waals surface area contributed by atoms with Crippen LogP contribution in [0.25, 0.3) is 0 Å². The van der Waals surface area contributed by atoms with Crippen LogP contribution in [0.5, 0.6) is 0 Å². The zero-order valence-electron chi connectivity index (χ0n) is 23.8. The SMILES string of the molecule is CN(C)Cc1ccc(CC(N)c2ccc(CN(C)C)cc2)cc1.O=C(O)C(F)(F)F.O=C(O)C(F)(F)F.O=C(O)C(F)(F)F. The van der Waals surface area contributed by atoms with Crippen LogP contribution < -0.4 is 5.73 Å². The molecule has 0 saturated heterocycles. The molecular formula is C26H32F9N3O6. The van der Waals surface area contributed by atoms with Crippen LogP contribution in [0.1, 0.15) is 28.3 Å². The number of carboxylic acids is 3. The summed E-state index contributed by atoms with van der Waals surface area (Å²) >= 11 is 0. The van der Waals surface area contributed by atoms with Crippen molar-refractivity contribution in [1.82, 2.24) is 9.80 Å². The first-order valence-corrected chi connectivity index (χ1v) is 11.9. The van der Waals surface area contributed by atoms with Gasteiger partial charge in [-0.2, -0.15) is 39.5 Å². The maximum absolute atomic E-state index is 10.6. The zero-order chi connectivity index (χ0) is 35.1. The van der Waals surface area contributed by atoms with Gasteiger partial charge in [-0.15, -0.1) is 0 Å². The fourth-order valence-electron chi connectivity index (χ4n) is 2.75. The summed E-state index contributed by atoms with van der Waals surface area (Å²) in [6.07, 6.45) is -14.4. The molecule has 0 aliphatic heterocycles. The Morgan fingerprint density at radius 2 is 0.818 bits per heavy atom. The molecule has 0 heterocycles. The number of rotatable bonds is 7. The van der Waals surface area contributed by atoms with Gasteiger partial charge in [-0.25, -0.2) is 14.4 Å². The van der Waals surface area contributed by atoms with Crippen molar-refractivity contribution in [2.45, 2.75) is 44.1 Å². The summed E-state index contributed by atoms with van der Waals surface area (Å²) in [5, 5.41) is 21.4. The van der Waals surface area contributed by atoms with E-state index in [9.17, 15) is 39.5 Å². The molecule has 0 aromatic heterocycles. The van der Waals surface area contributed by atoms with Crippen LogP contribution in [0.4, 0.5) is 39.5 Å². The number of carbonyl (C=O) groups is 3. The van der Waals surface area contributed by atoms with Crippen molar-refractivity contribution in [2.75, 3.05) is 28.2 Å². The van der Waals surface area contributed by atoms with Gasteiger partial charge in [-0.1, -0.05) is 48.5 Å². The first kappa shape index (κ1) is 42.2. The highest BCUT2D eigenvalue weighted by Gasteiger charge is 2.39. The summed E-state index contributed by atoms with van der Waals surface area (Å²) in [4.78, 5) is 31.0. The van der Waals surface area contributed by atoms with E-state index in [0.717, 1.165) is 19.5 Å². The van der Waals surface area contributed by atoms with Gasteiger partial charge >= 0.3 is 36.4 Å². The summed E-state index contributed by atoms with van der Waals surface area (Å²) < 4.78 is 95.2. The number of halogens is 9. The number of alkyl halides is 9. The maximum atomic E-state index is 10.6. The molecule has 2 rings (SSSR count). The lowest BCUT2D eigenvalue weighted by Crippen LogP contribution is -2.21. The first-order chi connectivity index (χ1) is 19.8. The van der Waals surface area contributed by atoms with E-state index in [1.807, 2.05) is 0 Å². The molecule has 0 spiro atoms. The number of hydrogen-bond donors (Lipinski definition) is 4. The van der Waals surface area contributed by atoms with Gasteiger partial charge in [-0.05, 0) is 56.9 Å². The minimum atomic E-state index is -5.08. The molecule has 0 amide bonds. The van der Waals surface area contributed by atoms with Crippen molar-refractivity contribution in [1.29, 1.82) is 0 Å². The van der Waals surface area contributed by atoms with E-state index in [0.29, 0.717) is 0 Å². The molecule has 0 aliphatic carbocycles. The van der Waals surface area contributed by atoms with Gasteiger partial charge < -0.3 is 30.9 Å². The minimum absolute atomic E-state index is 0.0445. The Hall–Kier alpha value is -3.90. The Morgan fingerprint density at radius 1 is 0.591 bits per heavy atom. The number of nitrogens with two attached hydrogens (primary N) is 1. The molecule has 0 bridgehead atoms. The minimum Gasteiger partial charge on any atom is -0.475 e. The van der Waals surface area contributed by atoms with Crippen LogP contribution in [-0.4, -0.2) is 89.7 Å². The standard InChI is InChI=1S/C20H29N3.3C2HF3O2/c1-22(2)14-17-7-5-16(6-8-17)13-20(21)19-11-9-18(10-12-19)15-23(3)4;3*3-2(4,5)1(6)7/h5-12,20H,13-15,21H2,1-4H3;3*(H,6,7). The highest BCUT2D eigenvalue weighted by atomic mass is 19.4. The van der Waals surface area contributed by atoms with Crippen LogP contribution in [0.15, 0.2) is 48.5 Å². The van der Waals surface area contributed by atoms with E-state index >= 15 is 0 Å². The quantitative estimate of drug-likeness (QED) is 0.305. The summed E-state index contributed by atoms with van der Waals surface area (Å²) in [7, 11) is 8.34. The van der Waals surface area contributed by atoms with E-state index in [1.54, 1.807) is 0 Å². The van der Waals surface area contributed by atoms with Gasteiger partial charge in [0.05, 0.1) is 0 Å². The second kappa shape index (κ2) is 18.7. The molecule has 18 heteroatoms. The second-order valence-corrected chi connectivity index (χ2v) is 9.25. The van der Waals surface area contributed by atoms with Crippen LogP contribution in [0.3, 0.4) is 0 Å². The van der Waals surface area contributed by atoms with Gasteiger partial charge in [0.25, 0.3) is 0 Å². The van der Waals surface area contributed by atoms with Gasteiger partial charge in [0.1, 0.15) is 0 Å². The van der Waals surface area contributed by atoms with Crippen molar-refractivity contribution in [3.8, 4) is 0 Å². The predicted molar refractivity (Wildman–Crippen MR) is 139 cm³/mol. The highest BCUT2D eigenvalue weighted by molar-refractivity contribution is 5.73. The largest absolute Gasteiger partial charge is 0.490 e. The summed E-state index contributed by atoms with van der Waals surface area (Å²) in [6, 6.07) is 17.5. The molecule has 0 radical (unpaired) electrons. The molecule has 9 nitrogen and oxygen atoms in total. The predicted octanol–water partition coefficient (Wildman–Crippen LogP) is 4.95. The van der Waals surface area contributed by atoms with Crippen molar-refractivity contribution < 1.29 is 69.2 Å². The van der Waals surface area contributed by atoms with Crippen molar-refractivity contribution in [3.63, 3.8) is 0 Å². The summed E-state index contributed by atoms with van der Waals surface area (Å²) in [5.74, 6) is -8.27. The molecule has 1 unspecified atom stereocenters. The van der Waals surface area contributed by atoms with Crippen LogP contribution in [0.2, 0.25) is 0 Å². The number of hydrogen-bond acceptors (Lipinski definition) is 6. The smallest absolute Gasteiger partial charge is 0.475 e. The summed E-state index contributed by atoms with van der Waals surface area (Å²) in [5.41, 5.74) is 11.5. The zero-order valence-corrected chi connectivity index (χ0v) is 23.8. The maximum Gasteiger partial charge on any atom is 0.490 e. The molecule has 44 heavy (non-hydrogen) atoms. The van der Waals surface area contributed by atoms with Crippen molar-refractivity contribution >= 4 is 17.9 Å². The van der Waals surface area contributed by atoms with Gasteiger partial charge in [-0.3, -0.25) is 0 Å². The topological polar surface area (TPSA) is 144 Å². The lowest BCUT2D eigenvalue weighted by atomic mass is 9.98. The van der Waals surface area contributed by atoms with E-state index in [4.69, 9.17) is 35.4 Å². The third kappa shape index (κ3) is 20.9. The third-order valence-corrected chi connectivity index (χ3v) is 4.61. The second-order valence-electron chi connectivity index (χ2n) is 9.25. The lowest BCUT2D eigenvalue weighted by Gasteiger charge is -2.15. The number of benzene rings is 2. The molecule has 0 fully saturated rings. The normalized spacial score (nSPS) is 12.1. The number of carboxylic acid groups (broad SMARTS) is 3. The van der Waals surface area contributed by atoms with Crippen molar-refractivity contribution in [2.24, 2.45) is 5.73 Å². The first-order valence-electron chi connectivity index (χ1n) is 11.9. The van der Waals surface area contributed by atoms with Crippen LogP contribution in [0, 0.1) is 0 Å². The highest BCUT2D eigenvalue weighted by Crippen LogP contribution is 2.18. The molecule has 2 aromatic carbocycles. The van der Waals surface area contributed by atoms with E-state index in [1.165, 1.54) is 22.3 Å². The average molecular weight is 654 g/mol. The Kier molecular flexibility index (Phi) is 17.9. The lowest BCUT2D eigenvalue weighted by molar-refractivity contribution is -0.193. The average Bonchev–Trinajstić information content (AvgIpc) is 2.84. The number of nitrogens with zero attached hydrogens (tertiary/aromatic N) is 2. The Bertz CT molecular complexity index is 1090.